The fraction of sp³-hybridized carbons (Fsp3) is 0.0769. The summed E-state index contributed by atoms with van der Waals surface area (Å²) in [7, 11) is 0. The van der Waals surface area contributed by atoms with E-state index in [4.69, 9.17) is 0 Å². The lowest BCUT2D eigenvalue weighted by Crippen LogP contribution is -2.14. The van der Waals surface area contributed by atoms with Crippen molar-refractivity contribution in [1.29, 1.82) is 0 Å². The highest BCUT2D eigenvalue weighted by atomic mass is 15.1. The molecule has 0 amide bonds. The maximum absolute atomic E-state index is 2.42. The second-order valence-corrected chi connectivity index (χ2v) is 14.6. The van der Waals surface area contributed by atoms with Crippen LogP contribution in [0.25, 0.3) is 44.5 Å². The third-order valence-electron chi connectivity index (χ3n) is 10.9. The minimum atomic E-state index is -0.0366. The number of nitrogens with zero attached hydrogens (tertiary/aromatic N) is 1. The van der Waals surface area contributed by atoms with Crippen LogP contribution in [0.2, 0.25) is 0 Å². The third-order valence-corrected chi connectivity index (χ3v) is 10.9. The minimum Gasteiger partial charge on any atom is -0.310 e. The first kappa shape index (κ1) is 32.5. The average Bonchev–Trinajstić information content (AvgIpc) is 3.46. The summed E-state index contributed by atoms with van der Waals surface area (Å²) >= 11 is 0. The van der Waals surface area contributed by atoms with Crippen molar-refractivity contribution in [1.82, 2.24) is 0 Å². The molecule has 254 valence electrons. The van der Waals surface area contributed by atoms with E-state index in [1.165, 1.54) is 66.8 Å². The van der Waals surface area contributed by atoms with Gasteiger partial charge in [-0.25, -0.2) is 0 Å². The van der Waals surface area contributed by atoms with Crippen LogP contribution in [-0.4, -0.2) is 0 Å². The Kier molecular flexibility index (Phi) is 8.33. The third kappa shape index (κ3) is 6.05. The van der Waals surface area contributed by atoms with Gasteiger partial charge >= 0.3 is 0 Å². The Bertz CT molecular complexity index is 2510. The van der Waals surface area contributed by atoms with Crippen LogP contribution in [0, 0.1) is 0 Å². The van der Waals surface area contributed by atoms with Crippen molar-refractivity contribution in [3.63, 3.8) is 0 Å². The second-order valence-electron chi connectivity index (χ2n) is 14.6. The van der Waals surface area contributed by atoms with E-state index in [0.29, 0.717) is 0 Å². The average molecular weight is 680 g/mol. The molecule has 1 aliphatic rings. The van der Waals surface area contributed by atoms with Gasteiger partial charge in [-0.1, -0.05) is 178 Å². The Morgan fingerprint density at radius 2 is 0.887 bits per heavy atom. The van der Waals surface area contributed by atoms with Crippen LogP contribution in [0.3, 0.4) is 0 Å². The summed E-state index contributed by atoms with van der Waals surface area (Å²) in [6.07, 6.45) is 0.901. The zero-order valence-corrected chi connectivity index (χ0v) is 30.2. The Morgan fingerprint density at radius 1 is 0.377 bits per heavy atom. The second kappa shape index (κ2) is 13.6. The summed E-state index contributed by atoms with van der Waals surface area (Å²) in [4.78, 5) is 2.42. The van der Waals surface area contributed by atoms with Crippen molar-refractivity contribution in [3.8, 4) is 44.5 Å². The topological polar surface area (TPSA) is 3.24 Å². The molecule has 0 unspecified atom stereocenters. The molecule has 1 heteroatoms. The van der Waals surface area contributed by atoms with E-state index in [1.807, 2.05) is 0 Å². The van der Waals surface area contributed by atoms with Crippen molar-refractivity contribution in [2.24, 2.45) is 0 Å². The van der Waals surface area contributed by atoms with Crippen LogP contribution in [0.15, 0.2) is 200 Å². The maximum atomic E-state index is 2.42. The molecule has 0 radical (unpaired) electrons. The Balaban J connectivity index is 1.18. The fourth-order valence-electron chi connectivity index (χ4n) is 8.20. The van der Waals surface area contributed by atoms with Gasteiger partial charge < -0.3 is 4.90 Å². The van der Waals surface area contributed by atoms with Crippen LogP contribution in [-0.2, 0) is 11.8 Å². The highest BCUT2D eigenvalue weighted by Gasteiger charge is 2.36. The van der Waals surface area contributed by atoms with Crippen LogP contribution in [0.5, 0.6) is 0 Å². The molecule has 0 atom stereocenters. The van der Waals surface area contributed by atoms with Crippen molar-refractivity contribution in [3.05, 3.63) is 222 Å². The lowest BCUT2D eigenvalue weighted by atomic mass is 9.82. The SMILES string of the molecule is CC1(C)c2ccccc2-c2c(-c3ccc(N(c4ccc(Cc5ccccc5)cc4)c4ccc(-c5ccccc5)cc4-c4ccccc4)cc3)cccc21. The van der Waals surface area contributed by atoms with Crippen molar-refractivity contribution >= 4 is 17.1 Å². The zero-order chi connectivity index (χ0) is 35.8. The van der Waals surface area contributed by atoms with Crippen LogP contribution < -0.4 is 4.90 Å². The van der Waals surface area contributed by atoms with Gasteiger partial charge in [0.15, 0.2) is 0 Å². The standard InChI is InChI=1S/C52H41N/c1-52(2)48-23-13-12-21-46(48)51-45(22-14-24-49(51)52)41-27-32-44(33-28-41)53(43-30-25-38(26-31-43)35-37-15-6-3-7-16-37)50-34-29-42(39-17-8-4-9-18-39)36-47(50)40-19-10-5-11-20-40/h3-34,36H,35H2,1-2H3. The van der Waals surface area contributed by atoms with Gasteiger partial charge in [-0.05, 0) is 104 Å². The van der Waals surface area contributed by atoms with Gasteiger partial charge in [0.25, 0.3) is 0 Å². The molecule has 0 saturated heterocycles. The molecule has 0 saturated carbocycles. The lowest BCUT2D eigenvalue weighted by Gasteiger charge is -2.29. The summed E-state index contributed by atoms with van der Waals surface area (Å²) in [6.45, 7) is 4.70. The molecule has 0 fully saturated rings. The molecule has 0 aliphatic heterocycles. The highest BCUT2D eigenvalue weighted by Crippen LogP contribution is 2.52. The zero-order valence-electron chi connectivity index (χ0n) is 30.2. The van der Waals surface area contributed by atoms with E-state index in [1.54, 1.807) is 0 Å². The largest absolute Gasteiger partial charge is 0.310 e. The van der Waals surface area contributed by atoms with Crippen LogP contribution >= 0.6 is 0 Å². The summed E-state index contributed by atoms with van der Waals surface area (Å²) in [5.74, 6) is 0. The first-order valence-electron chi connectivity index (χ1n) is 18.6. The Labute approximate surface area is 313 Å². The molecule has 0 heterocycles. The fourth-order valence-corrected chi connectivity index (χ4v) is 8.20. The van der Waals surface area contributed by atoms with E-state index >= 15 is 0 Å². The predicted molar refractivity (Wildman–Crippen MR) is 224 cm³/mol. The maximum Gasteiger partial charge on any atom is 0.0540 e. The van der Waals surface area contributed by atoms with Crippen molar-refractivity contribution in [2.75, 3.05) is 4.90 Å². The van der Waals surface area contributed by atoms with Gasteiger partial charge in [0.2, 0.25) is 0 Å². The van der Waals surface area contributed by atoms with Crippen molar-refractivity contribution < 1.29 is 0 Å². The number of fused-ring (bicyclic) bond motifs is 3. The summed E-state index contributed by atoms with van der Waals surface area (Å²) < 4.78 is 0. The molecular weight excluding hydrogens is 639 g/mol. The van der Waals surface area contributed by atoms with E-state index in [9.17, 15) is 0 Å². The molecule has 0 aromatic heterocycles. The molecule has 8 aromatic carbocycles. The summed E-state index contributed by atoms with van der Waals surface area (Å²) in [6, 6.07) is 73.0. The van der Waals surface area contributed by atoms with E-state index in [2.05, 4.69) is 219 Å². The molecular formula is C52H41N. The minimum absolute atomic E-state index is 0.0366. The van der Waals surface area contributed by atoms with E-state index < -0.39 is 0 Å². The van der Waals surface area contributed by atoms with Gasteiger partial charge in [-0.2, -0.15) is 0 Å². The smallest absolute Gasteiger partial charge is 0.0540 e. The lowest BCUT2D eigenvalue weighted by molar-refractivity contribution is 0.660. The van der Waals surface area contributed by atoms with Crippen molar-refractivity contribution in [2.45, 2.75) is 25.7 Å². The number of benzene rings is 8. The predicted octanol–water partition coefficient (Wildman–Crippen LogP) is 14.1. The Morgan fingerprint density at radius 3 is 1.58 bits per heavy atom. The molecule has 9 rings (SSSR count). The molecule has 8 aromatic rings. The quantitative estimate of drug-likeness (QED) is 0.154. The highest BCUT2D eigenvalue weighted by molar-refractivity contribution is 5.94. The van der Waals surface area contributed by atoms with Gasteiger partial charge in [0, 0.05) is 22.4 Å². The first-order valence-corrected chi connectivity index (χ1v) is 18.6. The Hall–Kier alpha value is -6.44. The number of rotatable bonds is 8. The molecule has 1 aliphatic carbocycles. The molecule has 53 heavy (non-hydrogen) atoms. The summed E-state index contributed by atoms with van der Waals surface area (Å²) in [5.41, 5.74) is 18.7. The number of hydrogen-bond donors (Lipinski definition) is 0. The van der Waals surface area contributed by atoms with Crippen LogP contribution in [0.1, 0.15) is 36.1 Å². The molecule has 0 bridgehead atoms. The number of anilines is 3. The molecule has 1 nitrogen and oxygen atoms in total. The van der Waals surface area contributed by atoms with Gasteiger partial charge in [-0.3, -0.25) is 0 Å². The number of hydrogen-bond acceptors (Lipinski definition) is 1. The van der Waals surface area contributed by atoms with Crippen LogP contribution in [0.4, 0.5) is 17.1 Å². The van der Waals surface area contributed by atoms with Gasteiger partial charge in [-0.15, -0.1) is 0 Å². The first-order chi connectivity index (χ1) is 26.0. The normalized spacial score (nSPS) is 12.6. The summed E-state index contributed by atoms with van der Waals surface area (Å²) in [5, 5.41) is 0. The van der Waals surface area contributed by atoms with Gasteiger partial charge in [0.1, 0.15) is 0 Å². The van der Waals surface area contributed by atoms with Gasteiger partial charge in [0.05, 0.1) is 5.69 Å². The molecule has 0 N–H and O–H groups in total. The van der Waals surface area contributed by atoms with E-state index in [0.717, 1.165) is 23.5 Å². The van der Waals surface area contributed by atoms with E-state index in [-0.39, 0.29) is 5.41 Å². The monoisotopic (exact) mass is 679 g/mol. The molecule has 0 spiro atoms.